The van der Waals surface area contributed by atoms with Crippen molar-refractivity contribution in [3.63, 3.8) is 0 Å². The van der Waals surface area contributed by atoms with Gasteiger partial charge in [-0.2, -0.15) is 10.1 Å². The summed E-state index contributed by atoms with van der Waals surface area (Å²) < 4.78 is 34.4. The number of aromatic nitrogens is 5. The van der Waals surface area contributed by atoms with E-state index in [4.69, 9.17) is 4.52 Å². The maximum absolute atomic E-state index is 14.2. The van der Waals surface area contributed by atoms with Gasteiger partial charge in [-0.15, -0.1) is 0 Å². The SMILES string of the molecule is Cn1cc(-c2nc(-c3cc[nH]c(=O)c3)no2)c(-c2cc(F)ccc2F)n1. The first-order valence-electron chi connectivity index (χ1n) is 7.53. The number of rotatable bonds is 3. The van der Waals surface area contributed by atoms with E-state index in [2.05, 4.69) is 20.2 Å². The van der Waals surface area contributed by atoms with Gasteiger partial charge in [-0.3, -0.25) is 9.48 Å². The molecule has 0 aliphatic rings. The molecule has 1 aromatic carbocycles. The van der Waals surface area contributed by atoms with Gasteiger partial charge in [0.2, 0.25) is 11.4 Å². The highest BCUT2D eigenvalue weighted by Gasteiger charge is 2.21. The molecule has 0 aliphatic carbocycles. The van der Waals surface area contributed by atoms with E-state index in [1.54, 1.807) is 19.3 Å². The second-order valence-electron chi connectivity index (χ2n) is 5.55. The van der Waals surface area contributed by atoms with Crippen molar-refractivity contribution in [3.05, 3.63) is 64.7 Å². The summed E-state index contributed by atoms with van der Waals surface area (Å²) in [6.45, 7) is 0. The Morgan fingerprint density at radius 2 is 2.00 bits per heavy atom. The minimum absolute atomic E-state index is 0.0171. The molecule has 3 aromatic heterocycles. The third kappa shape index (κ3) is 2.79. The lowest BCUT2D eigenvalue weighted by molar-refractivity contribution is 0.432. The van der Waals surface area contributed by atoms with Crippen LogP contribution in [0.1, 0.15) is 0 Å². The molecule has 0 aliphatic heterocycles. The van der Waals surface area contributed by atoms with Crippen LogP contribution in [0.15, 0.2) is 52.0 Å². The van der Waals surface area contributed by atoms with E-state index in [0.717, 1.165) is 18.2 Å². The molecule has 0 saturated carbocycles. The molecule has 0 unspecified atom stereocenters. The average molecular weight is 355 g/mol. The highest BCUT2D eigenvalue weighted by Crippen LogP contribution is 2.32. The highest BCUT2D eigenvalue weighted by molar-refractivity contribution is 5.77. The number of nitrogens with one attached hydrogen (secondary N) is 1. The largest absolute Gasteiger partial charge is 0.333 e. The topological polar surface area (TPSA) is 89.6 Å². The van der Waals surface area contributed by atoms with Crippen LogP contribution < -0.4 is 5.56 Å². The second kappa shape index (κ2) is 6.03. The van der Waals surface area contributed by atoms with Crippen molar-refractivity contribution in [1.29, 1.82) is 0 Å². The number of aromatic amines is 1. The van der Waals surface area contributed by atoms with Crippen molar-refractivity contribution in [2.75, 3.05) is 0 Å². The number of aryl methyl sites for hydroxylation is 1. The Morgan fingerprint density at radius 1 is 1.15 bits per heavy atom. The molecule has 130 valence electrons. The number of hydrogen-bond donors (Lipinski definition) is 1. The fourth-order valence-electron chi connectivity index (χ4n) is 2.56. The Labute approximate surface area is 144 Å². The molecule has 4 rings (SSSR count). The van der Waals surface area contributed by atoms with Crippen LogP contribution in [0, 0.1) is 11.6 Å². The summed E-state index contributed by atoms with van der Waals surface area (Å²) in [4.78, 5) is 18.2. The van der Waals surface area contributed by atoms with Gasteiger partial charge in [0.15, 0.2) is 0 Å². The van der Waals surface area contributed by atoms with Crippen LogP contribution in [0.3, 0.4) is 0 Å². The fraction of sp³-hybridized carbons (Fsp3) is 0.0588. The molecule has 26 heavy (non-hydrogen) atoms. The van der Waals surface area contributed by atoms with Gasteiger partial charge in [0.05, 0.1) is 5.56 Å². The zero-order chi connectivity index (χ0) is 18.3. The van der Waals surface area contributed by atoms with Crippen LogP contribution in [0.5, 0.6) is 0 Å². The van der Waals surface area contributed by atoms with Gasteiger partial charge < -0.3 is 9.51 Å². The minimum atomic E-state index is -0.624. The minimum Gasteiger partial charge on any atom is -0.333 e. The van der Waals surface area contributed by atoms with Gasteiger partial charge >= 0.3 is 0 Å². The van der Waals surface area contributed by atoms with Gasteiger partial charge in [-0.05, 0) is 24.3 Å². The highest BCUT2D eigenvalue weighted by atomic mass is 19.1. The van der Waals surface area contributed by atoms with Crippen molar-refractivity contribution in [1.82, 2.24) is 24.9 Å². The van der Waals surface area contributed by atoms with E-state index >= 15 is 0 Å². The maximum Gasteiger partial charge on any atom is 0.262 e. The number of halogens is 2. The number of hydrogen-bond acceptors (Lipinski definition) is 5. The van der Waals surface area contributed by atoms with Crippen molar-refractivity contribution in [3.8, 4) is 34.1 Å². The summed E-state index contributed by atoms with van der Waals surface area (Å²) in [5.74, 6) is -0.943. The molecule has 0 amide bonds. The molecule has 0 bridgehead atoms. The smallest absolute Gasteiger partial charge is 0.262 e. The van der Waals surface area contributed by atoms with Crippen molar-refractivity contribution in [2.24, 2.45) is 7.05 Å². The zero-order valence-electron chi connectivity index (χ0n) is 13.4. The van der Waals surface area contributed by atoms with Crippen LogP contribution in [0.2, 0.25) is 0 Å². The van der Waals surface area contributed by atoms with Crippen molar-refractivity contribution in [2.45, 2.75) is 0 Å². The number of benzene rings is 1. The summed E-state index contributed by atoms with van der Waals surface area (Å²) in [6, 6.07) is 6.05. The fourth-order valence-corrected chi connectivity index (χ4v) is 2.56. The first kappa shape index (κ1) is 15.9. The lowest BCUT2D eigenvalue weighted by Gasteiger charge is -2.01. The Morgan fingerprint density at radius 3 is 2.81 bits per heavy atom. The standard InChI is InChI=1S/C17H11F2N5O2/c1-24-8-12(15(22-24)11-7-10(18)2-3-13(11)19)17-21-16(23-26-17)9-4-5-20-14(25)6-9/h2-8H,1H3,(H,20,25). The monoisotopic (exact) mass is 355 g/mol. The van der Waals surface area contributed by atoms with Crippen LogP contribution in [0.4, 0.5) is 8.78 Å². The van der Waals surface area contributed by atoms with Crippen LogP contribution in [-0.2, 0) is 7.05 Å². The van der Waals surface area contributed by atoms with Crippen molar-refractivity contribution >= 4 is 0 Å². The van der Waals surface area contributed by atoms with E-state index in [9.17, 15) is 13.6 Å². The first-order chi connectivity index (χ1) is 12.5. The summed E-state index contributed by atoms with van der Waals surface area (Å²) >= 11 is 0. The summed E-state index contributed by atoms with van der Waals surface area (Å²) in [5.41, 5.74) is 0.659. The van der Waals surface area contributed by atoms with Gasteiger partial charge in [-0.1, -0.05) is 5.16 Å². The van der Waals surface area contributed by atoms with Gasteiger partial charge in [-0.25, -0.2) is 8.78 Å². The first-order valence-corrected chi connectivity index (χ1v) is 7.53. The second-order valence-corrected chi connectivity index (χ2v) is 5.55. The summed E-state index contributed by atoms with van der Waals surface area (Å²) in [6.07, 6.45) is 3.03. The molecule has 1 N–H and O–H groups in total. The molecule has 0 fully saturated rings. The molecule has 4 aromatic rings. The van der Waals surface area contributed by atoms with Crippen LogP contribution >= 0.6 is 0 Å². The van der Waals surface area contributed by atoms with Crippen molar-refractivity contribution < 1.29 is 13.3 Å². The van der Waals surface area contributed by atoms with Gasteiger partial charge in [0, 0.05) is 36.6 Å². The lowest BCUT2D eigenvalue weighted by atomic mass is 10.1. The third-order valence-electron chi connectivity index (χ3n) is 3.70. The Hall–Kier alpha value is -3.62. The molecule has 0 radical (unpaired) electrons. The predicted molar refractivity (Wildman–Crippen MR) is 87.9 cm³/mol. The number of H-pyrrole nitrogens is 1. The van der Waals surface area contributed by atoms with E-state index in [1.165, 1.54) is 16.9 Å². The maximum atomic E-state index is 14.2. The Bertz CT molecular complexity index is 1160. The van der Waals surface area contributed by atoms with E-state index in [0.29, 0.717) is 11.1 Å². The number of pyridine rings is 1. The molecular formula is C17H11F2N5O2. The quantitative estimate of drug-likeness (QED) is 0.610. The van der Waals surface area contributed by atoms with E-state index in [1.807, 2.05) is 0 Å². The zero-order valence-corrected chi connectivity index (χ0v) is 13.4. The Kier molecular flexibility index (Phi) is 3.68. The molecule has 7 nitrogen and oxygen atoms in total. The average Bonchev–Trinajstić information content (AvgIpc) is 3.23. The van der Waals surface area contributed by atoms with Crippen LogP contribution in [0.25, 0.3) is 34.1 Å². The van der Waals surface area contributed by atoms with Gasteiger partial charge in [0.25, 0.3) is 5.89 Å². The normalized spacial score (nSPS) is 11.0. The summed E-state index contributed by atoms with van der Waals surface area (Å²) in [7, 11) is 1.64. The molecule has 0 saturated heterocycles. The molecule has 0 spiro atoms. The van der Waals surface area contributed by atoms with E-state index < -0.39 is 11.6 Å². The molecular weight excluding hydrogens is 344 g/mol. The number of nitrogens with zero attached hydrogens (tertiary/aromatic N) is 4. The van der Waals surface area contributed by atoms with Gasteiger partial charge in [0.1, 0.15) is 17.3 Å². The molecule has 3 heterocycles. The molecule has 9 heteroatoms. The summed E-state index contributed by atoms with van der Waals surface area (Å²) in [5, 5.41) is 8.03. The predicted octanol–water partition coefficient (Wildman–Crippen LogP) is 2.77. The van der Waals surface area contributed by atoms with E-state index in [-0.39, 0.29) is 28.5 Å². The Balaban J connectivity index is 1.83. The molecule has 0 atom stereocenters. The lowest BCUT2D eigenvalue weighted by Crippen LogP contribution is -2.02. The van der Waals surface area contributed by atoms with Crippen LogP contribution in [-0.4, -0.2) is 24.9 Å². The third-order valence-corrected chi connectivity index (χ3v) is 3.70.